The molecule has 0 bridgehead atoms. The van der Waals surface area contributed by atoms with Crippen LogP contribution in [0.5, 0.6) is 0 Å². The largest absolute Gasteiger partial charge is 0.478 e. The molecule has 0 spiro atoms. The number of nitrogens with one attached hydrogen (secondary N) is 1. The Morgan fingerprint density at radius 3 is 2.57 bits per heavy atom. The van der Waals surface area contributed by atoms with Crippen molar-refractivity contribution in [2.24, 2.45) is 0 Å². The Kier molecular flexibility index (Phi) is 4.44. The number of aromatic nitrogens is 3. The number of H-pyrrole nitrogens is 1. The van der Waals surface area contributed by atoms with Crippen molar-refractivity contribution in [1.29, 1.82) is 0 Å². The van der Waals surface area contributed by atoms with Gasteiger partial charge in [0.05, 0.1) is 23.4 Å². The second-order valence-electron chi connectivity index (χ2n) is 6.42. The fraction of sp³-hybridized carbons (Fsp3) is 0.150. The van der Waals surface area contributed by atoms with Gasteiger partial charge in [-0.15, -0.1) is 0 Å². The summed E-state index contributed by atoms with van der Waals surface area (Å²) in [6, 6.07) is 12.1. The zero-order valence-corrected chi connectivity index (χ0v) is 14.8. The van der Waals surface area contributed by atoms with Crippen LogP contribution in [0, 0.1) is 0 Å². The molecule has 2 N–H and O–H groups in total. The van der Waals surface area contributed by atoms with E-state index in [4.69, 9.17) is 5.11 Å². The summed E-state index contributed by atoms with van der Waals surface area (Å²) < 4.78 is 0. The van der Waals surface area contributed by atoms with Crippen molar-refractivity contribution in [3.8, 4) is 11.4 Å². The van der Waals surface area contributed by atoms with Crippen molar-refractivity contribution in [2.75, 3.05) is 6.54 Å². The van der Waals surface area contributed by atoms with Gasteiger partial charge in [-0.05, 0) is 12.1 Å². The van der Waals surface area contributed by atoms with Crippen LogP contribution in [0.2, 0.25) is 0 Å². The zero-order chi connectivity index (χ0) is 19.7. The van der Waals surface area contributed by atoms with Crippen molar-refractivity contribution in [3.63, 3.8) is 0 Å². The van der Waals surface area contributed by atoms with Gasteiger partial charge < -0.3 is 15.0 Å². The van der Waals surface area contributed by atoms with E-state index in [2.05, 4.69) is 15.0 Å². The predicted molar refractivity (Wildman–Crippen MR) is 99.9 cm³/mol. The van der Waals surface area contributed by atoms with E-state index in [0.717, 1.165) is 11.8 Å². The molecule has 0 aliphatic carbocycles. The fourth-order valence-electron chi connectivity index (χ4n) is 3.14. The predicted octanol–water partition coefficient (Wildman–Crippen LogP) is 1.73. The monoisotopic (exact) mass is 376 g/mol. The van der Waals surface area contributed by atoms with Crippen LogP contribution in [0.4, 0.5) is 0 Å². The first-order valence-electron chi connectivity index (χ1n) is 8.69. The number of amides is 1. The molecule has 1 amide bonds. The second kappa shape index (κ2) is 7.07. The molecule has 3 heterocycles. The number of carbonyl (C=O) groups is 2. The van der Waals surface area contributed by atoms with Gasteiger partial charge in [-0.3, -0.25) is 14.6 Å². The number of rotatable bonds is 3. The van der Waals surface area contributed by atoms with E-state index in [0.29, 0.717) is 30.0 Å². The number of hydrogen-bond acceptors (Lipinski definition) is 5. The Bertz CT molecular complexity index is 1110. The van der Waals surface area contributed by atoms with E-state index in [1.807, 2.05) is 30.3 Å². The molecule has 0 unspecified atom stereocenters. The highest BCUT2D eigenvalue weighted by Gasteiger charge is 2.26. The Morgan fingerprint density at radius 2 is 1.89 bits per heavy atom. The maximum absolute atomic E-state index is 12.7. The first-order chi connectivity index (χ1) is 13.5. The first kappa shape index (κ1) is 17.6. The zero-order valence-electron chi connectivity index (χ0n) is 14.8. The van der Waals surface area contributed by atoms with Gasteiger partial charge in [0.2, 0.25) is 0 Å². The molecule has 0 saturated carbocycles. The molecule has 0 saturated heterocycles. The van der Waals surface area contributed by atoms with Crippen molar-refractivity contribution in [1.82, 2.24) is 19.9 Å². The number of fused-ring (bicyclic) bond motifs is 1. The molecule has 4 rings (SSSR count). The molecular formula is C20H16N4O4. The summed E-state index contributed by atoms with van der Waals surface area (Å²) in [5.74, 6) is -0.950. The van der Waals surface area contributed by atoms with Crippen molar-refractivity contribution < 1.29 is 14.7 Å². The van der Waals surface area contributed by atoms with Crippen LogP contribution in [0.3, 0.4) is 0 Å². The van der Waals surface area contributed by atoms with Crippen molar-refractivity contribution in [2.45, 2.75) is 13.0 Å². The lowest BCUT2D eigenvalue weighted by Crippen LogP contribution is -2.40. The van der Waals surface area contributed by atoms with E-state index in [1.165, 1.54) is 17.0 Å². The summed E-state index contributed by atoms with van der Waals surface area (Å²) in [5, 5.41) is 8.93. The molecule has 140 valence electrons. The topological polar surface area (TPSA) is 116 Å². The number of hydrogen-bond donors (Lipinski definition) is 2. The van der Waals surface area contributed by atoms with Crippen LogP contribution in [0.25, 0.3) is 11.4 Å². The third-order valence-electron chi connectivity index (χ3n) is 4.63. The van der Waals surface area contributed by atoms with E-state index in [1.54, 1.807) is 0 Å². The molecule has 8 nitrogen and oxygen atoms in total. The van der Waals surface area contributed by atoms with Crippen LogP contribution in [0.15, 0.2) is 53.5 Å². The van der Waals surface area contributed by atoms with Gasteiger partial charge in [-0.2, -0.15) is 0 Å². The lowest BCUT2D eigenvalue weighted by atomic mass is 10.1. The van der Waals surface area contributed by atoms with Crippen LogP contribution in [-0.2, 0) is 13.0 Å². The molecule has 8 heteroatoms. The Morgan fingerprint density at radius 1 is 1.11 bits per heavy atom. The lowest BCUT2D eigenvalue weighted by Gasteiger charge is -2.27. The Hall–Kier alpha value is -3.81. The average Bonchev–Trinajstić information content (AvgIpc) is 2.73. The van der Waals surface area contributed by atoms with Gasteiger partial charge in [0, 0.05) is 24.7 Å². The number of carboxylic acid groups (broad SMARTS) is 1. The van der Waals surface area contributed by atoms with Gasteiger partial charge in [0.25, 0.3) is 11.5 Å². The van der Waals surface area contributed by atoms with Crippen molar-refractivity contribution in [3.05, 3.63) is 81.5 Å². The van der Waals surface area contributed by atoms with E-state index in [-0.39, 0.29) is 29.3 Å². The molecule has 2 aromatic heterocycles. The standard InChI is InChI=1S/C20H16N4O4/c25-18-14-11-24(19(26)16-7-6-13(10-21-16)20(27)28)9-8-15(14)22-17(23-18)12-4-2-1-3-5-12/h1-7,10H,8-9,11H2,(H,27,28)(H,22,23,25). The number of aromatic amines is 1. The third kappa shape index (κ3) is 3.27. The SMILES string of the molecule is O=C(O)c1ccc(C(=O)N2CCc3nc(-c4ccccc4)[nH]c(=O)c3C2)nc1. The highest BCUT2D eigenvalue weighted by atomic mass is 16.4. The summed E-state index contributed by atoms with van der Waals surface area (Å²) in [5.41, 5.74) is 1.84. The minimum absolute atomic E-state index is 0.00891. The van der Waals surface area contributed by atoms with Crippen molar-refractivity contribution >= 4 is 11.9 Å². The molecule has 0 fully saturated rings. The van der Waals surface area contributed by atoms with E-state index >= 15 is 0 Å². The molecule has 3 aromatic rings. The normalized spacial score (nSPS) is 13.1. The maximum atomic E-state index is 12.7. The Labute approximate surface area is 159 Å². The lowest BCUT2D eigenvalue weighted by molar-refractivity contribution is 0.0690. The second-order valence-corrected chi connectivity index (χ2v) is 6.42. The third-order valence-corrected chi connectivity index (χ3v) is 4.63. The molecule has 1 aliphatic heterocycles. The van der Waals surface area contributed by atoms with Crippen LogP contribution in [-0.4, -0.2) is 43.4 Å². The summed E-state index contributed by atoms with van der Waals surface area (Å²) in [6.07, 6.45) is 1.60. The van der Waals surface area contributed by atoms with Crippen LogP contribution in [0.1, 0.15) is 32.1 Å². The maximum Gasteiger partial charge on any atom is 0.337 e. The quantitative estimate of drug-likeness (QED) is 0.719. The number of pyridine rings is 1. The molecular weight excluding hydrogens is 360 g/mol. The molecule has 1 aromatic carbocycles. The first-order valence-corrected chi connectivity index (χ1v) is 8.69. The number of benzene rings is 1. The van der Waals surface area contributed by atoms with Crippen LogP contribution < -0.4 is 5.56 Å². The van der Waals surface area contributed by atoms with Gasteiger partial charge >= 0.3 is 5.97 Å². The summed E-state index contributed by atoms with van der Waals surface area (Å²) in [7, 11) is 0. The molecule has 0 radical (unpaired) electrons. The molecule has 28 heavy (non-hydrogen) atoms. The van der Waals surface area contributed by atoms with Gasteiger partial charge in [-0.1, -0.05) is 30.3 Å². The summed E-state index contributed by atoms with van der Waals surface area (Å²) in [4.78, 5) is 49.0. The highest BCUT2D eigenvalue weighted by molar-refractivity contribution is 5.93. The summed E-state index contributed by atoms with van der Waals surface area (Å²) >= 11 is 0. The number of carboxylic acids is 1. The number of carbonyl (C=O) groups excluding carboxylic acids is 1. The van der Waals surface area contributed by atoms with Crippen LogP contribution >= 0.6 is 0 Å². The smallest absolute Gasteiger partial charge is 0.337 e. The minimum Gasteiger partial charge on any atom is -0.478 e. The molecule has 0 atom stereocenters. The van der Waals surface area contributed by atoms with Gasteiger partial charge in [-0.25, -0.2) is 9.78 Å². The van der Waals surface area contributed by atoms with Gasteiger partial charge in [0.1, 0.15) is 11.5 Å². The minimum atomic E-state index is -1.11. The molecule has 1 aliphatic rings. The number of aromatic carboxylic acids is 1. The fourth-order valence-corrected chi connectivity index (χ4v) is 3.14. The number of nitrogens with zero attached hydrogens (tertiary/aromatic N) is 3. The average molecular weight is 376 g/mol. The Balaban J connectivity index is 1.59. The highest BCUT2D eigenvalue weighted by Crippen LogP contribution is 2.19. The van der Waals surface area contributed by atoms with E-state index in [9.17, 15) is 14.4 Å². The van der Waals surface area contributed by atoms with E-state index < -0.39 is 5.97 Å². The summed E-state index contributed by atoms with van der Waals surface area (Å²) in [6.45, 7) is 0.535. The van der Waals surface area contributed by atoms with Gasteiger partial charge in [0.15, 0.2) is 0 Å².